The van der Waals surface area contributed by atoms with Crippen LogP contribution in [0.3, 0.4) is 0 Å². The highest BCUT2D eigenvalue weighted by atomic mass is 79.9. The topological polar surface area (TPSA) is 75.9 Å². The summed E-state index contributed by atoms with van der Waals surface area (Å²) in [5.41, 5.74) is 0.832. The summed E-state index contributed by atoms with van der Waals surface area (Å²) in [7, 11) is 0. The van der Waals surface area contributed by atoms with E-state index in [0.717, 1.165) is 22.2 Å². The molecule has 3 aromatic rings. The van der Waals surface area contributed by atoms with Gasteiger partial charge in [-0.05, 0) is 47.9 Å². The molecule has 1 aliphatic rings. The molecule has 12 heteroatoms. The van der Waals surface area contributed by atoms with Crippen molar-refractivity contribution in [2.24, 2.45) is 10.2 Å². The number of nitrogens with zero attached hydrogens (tertiary/aromatic N) is 3. The number of alkyl halides is 3. The van der Waals surface area contributed by atoms with E-state index in [-0.39, 0.29) is 36.9 Å². The number of azo groups is 1. The van der Waals surface area contributed by atoms with Gasteiger partial charge in [-0.2, -0.15) is 23.4 Å². The van der Waals surface area contributed by atoms with Gasteiger partial charge in [-0.3, -0.25) is 4.79 Å². The average molecular weight is 630 g/mol. The number of amides is 1. The molecular formula is C26H22BrCl2F3N4O2. The van der Waals surface area contributed by atoms with Crippen molar-refractivity contribution in [1.82, 2.24) is 10.3 Å². The zero-order valence-electron chi connectivity index (χ0n) is 19.8. The maximum absolute atomic E-state index is 12.9. The van der Waals surface area contributed by atoms with E-state index in [4.69, 9.17) is 27.9 Å². The predicted octanol–water partition coefficient (Wildman–Crippen LogP) is 8.15. The van der Waals surface area contributed by atoms with Crippen LogP contribution in [0.1, 0.15) is 48.0 Å². The highest BCUT2D eigenvalue weighted by Crippen LogP contribution is 2.38. The molecule has 0 saturated heterocycles. The smallest absolute Gasteiger partial charge is 0.417 e. The summed E-state index contributed by atoms with van der Waals surface area (Å²) in [4.78, 5) is 16.5. The lowest BCUT2D eigenvalue weighted by atomic mass is 9.93. The van der Waals surface area contributed by atoms with Gasteiger partial charge in [0.25, 0.3) is 0 Å². The zero-order valence-corrected chi connectivity index (χ0v) is 22.9. The fourth-order valence-corrected chi connectivity index (χ4v) is 4.79. The summed E-state index contributed by atoms with van der Waals surface area (Å²) >= 11 is 16.0. The van der Waals surface area contributed by atoms with Gasteiger partial charge in [-0.15, -0.1) is 0 Å². The molecular weight excluding hydrogens is 608 g/mol. The first kappa shape index (κ1) is 28.3. The minimum absolute atomic E-state index is 0.0505. The van der Waals surface area contributed by atoms with E-state index in [9.17, 15) is 18.0 Å². The van der Waals surface area contributed by atoms with Crippen LogP contribution in [0.5, 0.6) is 5.88 Å². The van der Waals surface area contributed by atoms with Crippen LogP contribution in [-0.4, -0.2) is 23.5 Å². The fraction of sp³-hybridized carbons (Fsp3) is 0.308. The van der Waals surface area contributed by atoms with Crippen molar-refractivity contribution in [3.8, 4) is 5.88 Å². The molecule has 4 rings (SSSR count). The first-order valence-corrected chi connectivity index (χ1v) is 13.2. The number of carbonyl (C=O) groups is 1. The number of pyridine rings is 1. The van der Waals surface area contributed by atoms with Crippen LogP contribution in [0.15, 0.2) is 75.5 Å². The normalized spacial score (nSPS) is 17.8. The lowest BCUT2D eigenvalue weighted by molar-refractivity contribution is -0.137. The molecule has 0 radical (unpaired) electrons. The summed E-state index contributed by atoms with van der Waals surface area (Å²) in [6.45, 7) is 0.104. The fourth-order valence-electron chi connectivity index (χ4n) is 4.00. The van der Waals surface area contributed by atoms with Gasteiger partial charge in [0.1, 0.15) is 0 Å². The van der Waals surface area contributed by atoms with E-state index in [2.05, 4.69) is 36.5 Å². The Morgan fingerprint density at radius 2 is 1.87 bits per heavy atom. The second kappa shape index (κ2) is 12.4. The van der Waals surface area contributed by atoms with Crippen molar-refractivity contribution >= 4 is 45.0 Å². The van der Waals surface area contributed by atoms with Crippen LogP contribution in [-0.2, 0) is 11.0 Å². The summed E-state index contributed by atoms with van der Waals surface area (Å²) in [6, 6.07) is 13.9. The van der Waals surface area contributed by atoms with Crippen LogP contribution in [0.4, 0.5) is 13.2 Å². The Labute approximate surface area is 235 Å². The van der Waals surface area contributed by atoms with Gasteiger partial charge in [0.05, 0.1) is 30.3 Å². The van der Waals surface area contributed by atoms with Gasteiger partial charge in [0.15, 0.2) is 0 Å². The van der Waals surface area contributed by atoms with Crippen LogP contribution in [0.2, 0.25) is 10.0 Å². The van der Waals surface area contributed by atoms with Gasteiger partial charge >= 0.3 is 6.18 Å². The Morgan fingerprint density at radius 3 is 2.53 bits per heavy atom. The summed E-state index contributed by atoms with van der Waals surface area (Å²) in [6.07, 6.45) is -2.75. The van der Waals surface area contributed by atoms with E-state index < -0.39 is 17.8 Å². The molecule has 6 nitrogen and oxygen atoms in total. The Hall–Kier alpha value is -2.69. The van der Waals surface area contributed by atoms with Crippen molar-refractivity contribution in [2.45, 2.75) is 43.6 Å². The minimum atomic E-state index is -4.47. The predicted molar refractivity (Wildman–Crippen MR) is 141 cm³/mol. The Bertz CT molecular complexity index is 1290. The number of aromatic nitrogens is 1. The Kier molecular flexibility index (Phi) is 9.27. The van der Waals surface area contributed by atoms with Gasteiger partial charge in [0.2, 0.25) is 11.8 Å². The molecule has 200 valence electrons. The highest BCUT2D eigenvalue weighted by molar-refractivity contribution is 9.10. The third kappa shape index (κ3) is 7.45. The molecule has 0 fully saturated rings. The number of hydrogen-bond acceptors (Lipinski definition) is 5. The van der Waals surface area contributed by atoms with Gasteiger partial charge in [-0.25, -0.2) is 4.98 Å². The molecule has 2 aromatic carbocycles. The zero-order chi connectivity index (χ0) is 27.3. The number of carbonyl (C=O) groups excluding carboxylic acids is 1. The summed E-state index contributed by atoms with van der Waals surface area (Å²) in [5, 5.41) is 12.8. The van der Waals surface area contributed by atoms with E-state index in [1.54, 1.807) is 18.2 Å². The van der Waals surface area contributed by atoms with Crippen molar-refractivity contribution in [1.29, 1.82) is 0 Å². The number of ether oxygens (including phenoxy) is 1. The number of rotatable bonds is 9. The van der Waals surface area contributed by atoms with Crippen molar-refractivity contribution in [2.75, 3.05) is 6.61 Å². The second-order valence-corrected chi connectivity index (χ2v) is 10.4. The lowest BCUT2D eigenvalue weighted by Gasteiger charge is -2.24. The van der Waals surface area contributed by atoms with Crippen LogP contribution < -0.4 is 10.1 Å². The van der Waals surface area contributed by atoms with E-state index in [1.165, 1.54) is 0 Å². The molecule has 1 N–H and O–H groups in total. The van der Waals surface area contributed by atoms with Crippen LogP contribution >= 0.6 is 39.1 Å². The molecule has 0 spiro atoms. The monoisotopic (exact) mass is 628 g/mol. The molecule has 3 unspecified atom stereocenters. The molecule has 1 aliphatic heterocycles. The van der Waals surface area contributed by atoms with E-state index in [0.29, 0.717) is 34.6 Å². The molecule has 1 amide bonds. The Morgan fingerprint density at radius 1 is 1.11 bits per heavy atom. The number of benzene rings is 2. The standard InChI is InChI=1S/C26H22BrCl2F3N4O2/c27-17-6-3-15(4-7-17)21-13-22(36-35-21)25(19-9-8-18(28)12-20(19)29)34-23(37)2-1-11-38-24-10-5-16(14-33-24)26(30,31)32/h3-10,12,14,21-22,25H,1-2,11,13H2,(H,34,37). The molecule has 38 heavy (non-hydrogen) atoms. The Balaban J connectivity index is 1.37. The van der Waals surface area contributed by atoms with Gasteiger partial charge in [0, 0.05) is 39.6 Å². The number of nitrogens with one attached hydrogen (secondary N) is 1. The second-order valence-electron chi connectivity index (χ2n) is 8.65. The number of halogens is 6. The molecule has 3 atom stereocenters. The third-order valence-corrected chi connectivity index (χ3v) is 7.03. The van der Waals surface area contributed by atoms with E-state index >= 15 is 0 Å². The number of hydrogen-bond donors (Lipinski definition) is 1. The maximum atomic E-state index is 12.9. The molecule has 2 heterocycles. The SMILES string of the molecule is O=C(CCCOc1ccc(C(F)(F)F)cn1)NC(c1ccc(Cl)cc1Cl)C1CC(c2ccc(Br)cc2)N=N1. The molecule has 1 aromatic heterocycles. The van der Waals surface area contributed by atoms with Crippen molar-refractivity contribution in [3.05, 3.63) is 92.0 Å². The van der Waals surface area contributed by atoms with E-state index in [1.807, 2.05) is 24.3 Å². The molecule has 0 saturated carbocycles. The van der Waals surface area contributed by atoms with Gasteiger partial charge in [-0.1, -0.05) is 57.3 Å². The summed E-state index contributed by atoms with van der Waals surface area (Å²) < 4.78 is 44.3. The van der Waals surface area contributed by atoms with Crippen LogP contribution in [0, 0.1) is 0 Å². The molecule has 0 bridgehead atoms. The van der Waals surface area contributed by atoms with Crippen molar-refractivity contribution < 1.29 is 22.7 Å². The first-order valence-electron chi connectivity index (χ1n) is 11.7. The lowest BCUT2D eigenvalue weighted by Crippen LogP contribution is -2.35. The maximum Gasteiger partial charge on any atom is 0.417 e. The van der Waals surface area contributed by atoms with Crippen LogP contribution in [0.25, 0.3) is 0 Å². The largest absolute Gasteiger partial charge is 0.478 e. The minimum Gasteiger partial charge on any atom is -0.478 e. The summed E-state index contributed by atoms with van der Waals surface area (Å²) in [5.74, 6) is -0.207. The third-order valence-electron chi connectivity index (χ3n) is 5.93. The molecule has 0 aliphatic carbocycles. The van der Waals surface area contributed by atoms with Crippen molar-refractivity contribution in [3.63, 3.8) is 0 Å². The van der Waals surface area contributed by atoms with Gasteiger partial charge < -0.3 is 10.1 Å². The first-order chi connectivity index (χ1) is 18.1. The quantitative estimate of drug-likeness (QED) is 0.243. The average Bonchev–Trinajstić information content (AvgIpc) is 3.36. The highest BCUT2D eigenvalue weighted by Gasteiger charge is 2.34.